The SMILES string of the molecule is CC1CCC2C(C1)C1CC(C)C3C4C5CCC(C(C)C)CC5C5CC(C(C)(C)C)CC(C54)C45C6C(CC(C(C)(C)C)CC6C2C1C34)C1CC2(C(C)(C)C)CC3CC(C)C(C)CC3C2C15. The van der Waals surface area contributed by atoms with Crippen molar-refractivity contribution in [1.82, 2.24) is 0 Å². The van der Waals surface area contributed by atoms with E-state index in [1.165, 1.54) is 0 Å². The number of fused-ring (bicyclic) bond motifs is 14. The molecule has 64 heavy (non-hydrogen) atoms. The van der Waals surface area contributed by atoms with Crippen molar-refractivity contribution in [2.24, 2.45) is 199 Å². The lowest BCUT2D eigenvalue weighted by molar-refractivity contribution is -0.278. The van der Waals surface area contributed by atoms with Crippen molar-refractivity contribution in [3.63, 3.8) is 0 Å². The molecule has 30 unspecified atom stereocenters. The molecule has 0 radical (unpaired) electrons. The first-order chi connectivity index (χ1) is 30.1. The van der Waals surface area contributed by atoms with Crippen molar-refractivity contribution < 1.29 is 0 Å². The van der Waals surface area contributed by atoms with Crippen LogP contribution < -0.4 is 0 Å². The summed E-state index contributed by atoms with van der Waals surface area (Å²) in [7, 11) is 0. The van der Waals surface area contributed by atoms with Crippen molar-refractivity contribution in [2.45, 2.75) is 200 Å². The van der Waals surface area contributed by atoms with Crippen molar-refractivity contribution in [3.8, 4) is 0 Å². The summed E-state index contributed by atoms with van der Waals surface area (Å²) in [5.74, 6) is 29.5. The Morgan fingerprint density at radius 1 is 0.406 bits per heavy atom. The molecule has 13 aliphatic carbocycles. The fourth-order valence-electron chi connectivity index (χ4n) is 26.8. The van der Waals surface area contributed by atoms with Crippen molar-refractivity contribution in [1.29, 1.82) is 0 Å². The fraction of sp³-hybridized carbons (Fsp3) is 1.00. The molecule has 30 atom stereocenters. The third-order valence-electron chi connectivity index (χ3n) is 28.7. The van der Waals surface area contributed by atoms with Gasteiger partial charge in [0.2, 0.25) is 0 Å². The van der Waals surface area contributed by atoms with Gasteiger partial charge in [-0.25, -0.2) is 0 Å². The van der Waals surface area contributed by atoms with Crippen LogP contribution in [0.5, 0.6) is 0 Å². The summed E-state index contributed by atoms with van der Waals surface area (Å²) in [5, 5.41) is 0. The van der Waals surface area contributed by atoms with Gasteiger partial charge in [0.1, 0.15) is 0 Å². The molecule has 0 aromatic carbocycles. The van der Waals surface area contributed by atoms with Gasteiger partial charge in [-0.3, -0.25) is 0 Å². The molecular formula is C64H104. The van der Waals surface area contributed by atoms with Gasteiger partial charge in [-0.1, -0.05) is 110 Å². The largest absolute Gasteiger partial charge is 0.0625 e. The van der Waals surface area contributed by atoms with Gasteiger partial charge >= 0.3 is 0 Å². The fourth-order valence-corrected chi connectivity index (χ4v) is 26.8. The van der Waals surface area contributed by atoms with Gasteiger partial charge in [0, 0.05) is 0 Å². The molecular weight excluding hydrogens is 769 g/mol. The summed E-state index contributed by atoms with van der Waals surface area (Å²) in [6.07, 6.45) is 24.1. The summed E-state index contributed by atoms with van der Waals surface area (Å²) in [6, 6.07) is 0. The maximum atomic E-state index is 2.99. The van der Waals surface area contributed by atoms with E-state index in [1.54, 1.807) is 96.3 Å². The predicted molar refractivity (Wildman–Crippen MR) is 268 cm³/mol. The van der Waals surface area contributed by atoms with E-state index >= 15 is 0 Å². The lowest BCUT2D eigenvalue weighted by Gasteiger charge is -2.75. The van der Waals surface area contributed by atoms with E-state index in [1.807, 2.05) is 0 Å². The summed E-state index contributed by atoms with van der Waals surface area (Å²) < 4.78 is 0. The van der Waals surface area contributed by atoms with Crippen LogP contribution in [0.4, 0.5) is 0 Å². The highest BCUT2D eigenvalue weighted by molar-refractivity contribution is 5.33. The third-order valence-corrected chi connectivity index (χ3v) is 28.7. The molecule has 1 spiro atoms. The van der Waals surface area contributed by atoms with Crippen LogP contribution in [0.1, 0.15) is 200 Å². The predicted octanol–water partition coefficient (Wildman–Crippen LogP) is 17.1. The molecule has 0 N–H and O–H groups in total. The second-order valence-corrected chi connectivity index (χ2v) is 33.3. The molecule has 13 aliphatic rings. The third kappa shape index (κ3) is 5.38. The second kappa shape index (κ2) is 13.9. The second-order valence-electron chi connectivity index (χ2n) is 33.3. The van der Waals surface area contributed by atoms with Crippen LogP contribution >= 0.6 is 0 Å². The van der Waals surface area contributed by atoms with Crippen molar-refractivity contribution in [3.05, 3.63) is 0 Å². The maximum absolute atomic E-state index is 2.99. The zero-order valence-electron chi connectivity index (χ0n) is 44.8. The summed E-state index contributed by atoms with van der Waals surface area (Å²) in [4.78, 5) is 0. The molecule has 13 fully saturated rings. The van der Waals surface area contributed by atoms with E-state index in [0.29, 0.717) is 27.1 Å². The Morgan fingerprint density at radius 2 is 1.02 bits per heavy atom. The van der Waals surface area contributed by atoms with Gasteiger partial charge in [0.25, 0.3) is 0 Å². The van der Waals surface area contributed by atoms with E-state index < -0.39 is 0 Å². The Bertz CT molecular complexity index is 1830. The standard InChI is InChI=1S/C64H104/c1-31(2)36-17-19-41-44(24-36)46-25-39(61(10,11)12)28-50-53(46)54(41)51-35(6)23-45-43-20-32(3)16-18-40(43)52-48-27-38(60(7,8)9)26-47-49-30-63(62(13,14)15)29-37-21-33(4)34(5)22-42(37)57(63)58(49)64(50,56(47)48)59(51)55(45)52/h31-59H,16-30H2,1-15H3. The van der Waals surface area contributed by atoms with Crippen molar-refractivity contribution >= 4 is 0 Å². The Labute approximate surface area is 397 Å². The van der Waals surface area contributed by atoms with E-state index in [9.17, 15) is 0 Å². The van der Waals surface area contributed by atoms with E-state index in [4.69, 9.17) is 0 Å². The number of hydrogen-bond donors (Lipinski definition) is 0. The molecule has 13 rings (SSSR count). The Hall–Kier alpha value is 0. The first-order valence-corrected chi connectivity index (χ1v) is 30.1. The molecule has 0 bridgehead atoms. The van der Waals surface area contributed by atoms with Gasteiger partial charge in [0.05, 0.1) is 0 Å². The molecule has 0 aromatic heterocycles. The molecule has 0 amide bonds. The minimum Gasteiger partial charge on any atom is -0.0625 e. The monoisotopic (exact) mass is 873 g/mol. The van der Waals surface area contributed by atoms with E-state index in [2.05, 4.69) is 104 Å². The highest BCUT2D eigenvalue weighted by atomic mass is 14.9. The van der Waals surface area contributed by atoms with Crippen LogP contribution in [-0.4, -0.2) is 0 Å². The Kier molecular flexibility index (Phi) is 9.55. The highest BCUT2D eigenvalue weighted by Crippen LogP contribution is 2.91. The minimum atomic E-state index is 0.404. The topological polar surface area (TPSA) is 0 Å². The first kappa shape index (κ1) is 44.0. The molecule has 0 heteroatoms. The molecule has 360 valence electrons. The minimum absolute atomic E-state index is 0.404. The molecule has 0 aromatic rings. The van der Waals surface area contributed by atoms with Crippen LogP contribution in [0.25, 0.3) is 0 Å². The van der Waals surface area contributed by atoms with Gasteiger partial charge < -0.3 is 0 Å². The Balaban J connectivity index is 1.09. The molecule has 0 saturated heterocycles. The van der Waals surface area contributed by atoms with Crippen LogP contribution in [0.15, 0.2) is 0 Å². The lowest BCUT2D eigenvalue weighted by Crippen LogP contribution is -2.71. The normalized spacial score (nSPS) is 62.2. The average molecular weight is 874 g/mol. The summed E-state index contributed by atoms with van der Waals surface area (Å²) >= 11 is 0. The lowest BCUT2D eigenvalue weighted by atomic mass is 9.30. The first-order valence-electron chi connectivity index (χ1n) is 30.1. The smallest absolute Gasteiger partial charge is 0.0164 e. The molecule has 0 nitrogen and oxygen atoms in total. The van der Waals surface area contributed by atoms with Gasteiger partial charge in [-0.15, -0.1) is 0 Å². The zero-order valence-corrected chi connectivity index (χ0v) is 44.8. The molecule has 13 saturated carbocycles. The molecule has 0 aliphatic heterocycles. The summed E-state index contributed by atoms with van der Waals surface area (Å²) in [6.45, 7) is 41.3. The Morgan fingerprint density at radius 3 is 1.72 bits per heavy atom. The van der Waals surface area contributed by atoms with Gasteiger partial charge in [0.15, 0.2) is 0 Å². The number of hydrogen-bond acceptors (Lipinski definition) is 0. The van der Waals surface area contributed by atoms with E-state index in [-0.39, 0.29) is 0 Å². The van der Waals surface area contributed by atoms with Crippen LogP contribution in [0.2, 0.25) is 0 Å². The van der Waals surface area contributed by atoms with Crippen LogP contribution in [0, 0.1) is 199 Å². The van der Waals surface area contributed by atoms with Gasteiger partial charge in [-0.05, 0) is 289 Å². The van der Waals surface area contributed by atoms with Crippen molar-refractivity contribution in [2.75, 3.05) is 0 Å². The average Bonchev–Trinajstić information content (AvgIpc) is 3.97. The van der Waals surface area contributed by atoms with Gasteiger partial charge in [-0.2, -0.15) is 0 Å². The summed E-state index contributed by atoms with van der Waals surface area (Å²) in [5.41, 5.74) is 2.44. The van der Waals surface area contributed by atoms with Crippen LogP contribution in [0.3, 0.4) is 0 Å². The number of rotatable bonds is 1. The van der Waals surface area contributed by atoms with E-state index in [0.717, 1.165) is 172 Å². The highest BCUT2D eigenvalue weighted by Gasteiger charge is 2.86. The molecule has 0 heterocycles. The quantitative estimate of drug-likeness (QED) is 0.246. The zero-order chi connectivity index (χ0) is 44.8. The van der Waals surface area contributed by atoms with Crippen LogP contribution in [-0.2, 0) is 0 Å². The maximum Gasteiger partial charge on any atom is -0.0164 e.